The molecule has 1 saturated carbocycles. The molecule has 4 rings (SSSR count). The SMILES string of the molecule is NC(=O)[C@@H]1C[C@@H]2CCCC[C@H]2N1C(=O)C1CCN(C(=O)c2ccc(F)cc2F)CC1. The van der Waals surface area contributed by atoms with Crippen molar-refractivity contribution in [3.05, 3.63) is 35.4 Å². The zero-order valence-corrected chi connectivity index (χ0v) is 16.9. The first-order chi connectivity index (χ1) is 14.4. The van der Waals surface area contributed by atoms with Gasteiger partial charge < -0.3 is 15.5 Å². The van der Waals surface area contributed by atoms with Crippen molar-refractivity contribution in [3.8, 4) is 0 Å². The van der Waals surface area contributed by atoms with E-state index in [0.717, 1.165) is 37.8 Å². The minimum atomic E-state index is -0.886. The molecule has 2 heterocycles. The molecule has 6 nitrogen and oxygen atoms in total. The molecule has 2 aliphatic heterocycles. The topological polar surface area (TPSA) is 83.7 Å². The lowest BCUT2D eigenvalue weighted by atomic mass is 9.84. The Bertz CT molecular complexity index is 854. The highest BCUT2D eigenvalue weighted by molar-refractivity contribution is 5.95. The molecule has 3 fully saturated rings. The van der Waals surface area contributed by atoms with Gasteiger partial charge in [-0.3, -0.25) is 14.4 Å². The Balaban J connectivity index is 1.42. The van der Waals surface area contributed by atoms with E-state index >= 15 is 0 Å². The predicted molar refractivity (Wildman–Crippen MR) is 105 cm³/mol. The Hall–Kier alpha value is -2.51. The van der Waals surface area contributed by atoms with Gasteiger partial charge in [-0.05, 0) is 50.2 Å². The van der Waals surface area contributed by atoms with Gasteiger partial charge in [-0.15, -0.1) is 0 Å². The molecule has 1 aromatic rings. The average molecular weight is 419 g/mol. The fraction of sp³-hybridized carbons (Fsp3) is 0.591. The van der Waals surface area contributed by atoms with E-state index in [1.807, 2.05) is 0 Å². The maximum atomic E-state index is 13.9. The van der Waals surface area contributed by atoms with Crippen LogP contribution in [0.4, 0.5) is 8.78 Å². The molecular formula is C22H27F2N3O3. The maximum absolute atomic E-state index is 13.9. The highest BCUT2D eigenvalue weighted by atomic mass is 19.1. The summed E-state index contributed by atoms with van der Waals surface area (Å²) in [5.41, 5.74) is 5.45. The van der Waals surface area contributed by atoms with Gasteiger partial charge in [-0.2, -0.15) is 0 Å². The minimum absolute atomic E-state index is 0.0479. The number of nitrogens with two attached hydrogens (primary N) is 1. The smallest absolute Gasteiger partial charge is 0.256 e. The van der Waals surface area contributed by atoms with Crippen molar-refractivity contribution < 1.29 is 23.2 Å². The van der Waals surface area contributed by atoms with Crippen LogP contribution >= 0.6 is 0 Å². The van der Waals surface area contributed by atoms with Crippen molar-refractivity contribution >= 4 is 17.7 Å². The zero-order valence-electron chi connectivity index (χ0n) is 16.9. The van der Waals surface area contributed by atoms with Gasteiger partial charge in [0.1, 0.15) is 17.7 Å². The number of hydrogen-bond donors (Lipinski definition) is 1. The van der Waals surface area contributed by atoms with Crippen LogP contribution in [0.15, 0.2) is 18.2 Å². The van der Waals surface area contributed by atoms with Gasteiger partial charge in [-0.1, -0.05) is 12.8 Å². The molecule has 0 unspecified atom stereocenters. The van der Waals surface area contributed by atoms with Crippen molar-refractivity contribution in [2.24, 2.45) is 17.6 Å². The van der Waals surface area contributed by atoms with Gasteiger partial charge in [0.15, 0.2) is 0 Å². The number of carbonyl (C=O) groups excluding carboxylic acids is 3. The number of likely N-dealkylation sites (tertiary alicyclic amines) is 2. The van der Waals surface area contributed by atoms with Crippen LogP contribution in [0.3, 0.4) is 0 Å². The molecular weight excluding hydrogens is 392 g/mol. The average Bonchev–Trinajstić information content (AvgIpc) is 3.13. The number of piperidine rings is 1. The Labute approximate surface area is 174 Å². The van der Waals surface area contributed by atoms with E-state index in [2.05, 4.69) is 0 Å². The number of rotatable bonds is 3. The van der Waals surface area contributed by atoms with E-state index in [0.29, 0.717) is 44.3 Å². The Morgan fingerprint density at radius 1 is 1.00 bits per heavy atom. The van der Waals surface area contributed by atoms with Gasteiger partial charge >= 0.3 is 0 Å². The van der Waals surface area contributed by atoms with E-state index < -0.39 is 29.5 Å². The summed E-state index contributed by atoms with van der Waals surface area (Å²) in [6.07, 6.45) is 5.64. The number of carbonyl (C=O) groups is 3. The molecule has 1 aromatic carbocycles. The quantitative estimate of drug-likeness (QED) is 0.817. The summed E-state index contributed by atoms with van der Waals surface area (Å²) in [6, 6.07) is 2.44. The molecule has 0 aromatic heterocycles. The van der Waals surface area contributed by atoms with Crippen LogP contribution in [-0.4, -0.2) is 52.7 Å². The third kappa shape index (κ3) is 3.79. The van der Waals surface area contributed by atoms with Crippen LogP contribution < -0.4 is 5.73 Å². The van der Waals surface area contributed by atoms with Crippen molar-refractivity contribution in [1.29, 1.82) is 0 Å². The van der Waals surface area contributed by atoms with Gasteiger partial charge in [-0.25, -0.2) is 8.78 Å². The van der Waals surface area contributed by atoms with Crippen LogP contribution in [0.5, 0.6) is 0 Å². The number of hydrogen-bond acceptors (Lipinski definition) is 3. The molecule has 2 saturated heterocycles. The minimum Gasteiger partial charge on any atom is -0.368 e. The third-order valence-electron chi connectivity index (χ3n) is 6.96. The molecule has 162 valence electrons. The molecule has 3 amide bonds. The van der Waals surface area contributed by atoms with Crippen LogP contribution in [0.1, 0.15) is 55.3 Å². The number of halogens is 2. The largest absolute Gasteiger partial charge is 0.368 e. The summed E-state index contributed by atoms with van der Waals surface area (Å²) >= 11 is 0. The summed E-state index contributed by atoms with van der Waals surface area (Å²) in [5.74, 6) is -2.56. The first kappa shape index (κ1) is 20.8. The second kappa shape index (κ2) is 8.32. The first-order valence-electron chi connectivity index (χ1n) is 10.7. The Morgan fingerprint density at radius 3 is 2.37 bits per heavy atom. The highest BCUT2D eigenvalue weighted by Gasteiger charge is 2.48. The molecule has 0 bridgehead atoms. The van der Waals surface area contributed by atoms with E-state index in [4.69, 9.17) is 5.73 Å². The van der Waals surface area contributed by atoms with Gasteiger partial charge in [0.2, 0.25) is 11.8 Å². The summed E-state index contributed by atoms with van der Waals surface area (Å²) < 4.78 is 27.1. The van der Waals surface area contributed by atoms with Gasteiger partial charge in [0.05, 0.1) is 5.56 Å². The van der Waals surface area contributed by atoms with Crippen LogP contribution in [-0.2, 0) is 9.59 Å². The maximum Gasteiger partial charge on any atom is 0.256 e. The molecule has 3 atom stereocenters. The van der Waals surface area contributed by atoms with E-state index in [-0.39, 0.29) is 23.4 Å². The number of amides is 3. The van der Waals surface area contributed by atoms with Gasteiger partial charge in [0, 0.05) is 31.1 Å². The van der Waals surface area contributed by atoms with Crippen LogP contribution in [0, 0.1) is 23.5 Å². The highest BCUT2D eigenvalue weighted by Crippen LogP contribution is 2.41. The summed E-state index contributed by atoms with van der Waals surface area (Å²) in [7, 11) is 0. The van der Waals surface area contributed by atoms with Crippen molar-refractivity contribution in [1.82, 2.24) is 9.80 Å². The fourth-order valence-electron chi connectivity index (χ4n) is 5.40. The normalized spacial score (nSPS) is 27.1. The van der Waals surface area contributed by atoms with Crippen molar-refractivity contribution in [2.45, 2.75) is 57.0 Å². The molecule has 0 spiro atoms. The van der Waals surface area contributed by atoms with Crippen molar-refractivity contribution in [3.63, 3.8) is 0 Å². The second-order valence-corrected chi connectivity index (χ2v) is 8.70. The zero-order chi connectivity index (χ0) is 21.4. The summed E-state index contributed by atoms with van der Waals surface area (Å²) in [6.45, 7) is 0.629. The predicted octanol–water partition coefficient (Wildman–Crippen LogP) is 2.46. The fourth-order valence-corrected chi connectivity index (χ4v) is 5.40. The molecule has 1 aliphatic carbocycles. The third-order valence-corrected chi connectivity index (χ3v) is 6.96. The number of benzene rings is 1. The number of primary amides is 1. The van der Waals surface area contributed by atoms with Crippen molar-refractivity contribution in [2.75, 3.05) is 13.1 Å². The monoisotopic (exact) mass is 419 g/mol. The number of fused-ring (bicyclic) bond motifs is 1. The second-order valence-electron chi connectivity index (χ2n) is 8.70. The molecule has 30 heavy (non-hydrogen) atoms. The van der Waals surface area contributed by atoms with Crippen LogP contribution in [0.25, 0.3) is 0 Å². The lowest BCUT2D eigenvalue weighted by Gasteiger charge is -2.38. The van der Waals surface area contributed by atoms with E-state index in [1.165, 1.54) is 4.90 Å². The lowest BCUT2D eigenvalue weighted by molar-refractivity contribution is -0.144. The van der Waals surface area contributed by atoms with Gasteiger partial charge in [0.25, 0.3) is 5.91 Å². The Kier molecular flexibility index (Phi) is 5.75. The molecule has 2 N–H and O–H groups in total. The van der Waals surface area contributed by atoms with Crippen LogP contribution in [0.2, 0.25) is 0 Å². The first-order valence-corrected chi connectivity index (χ1v) is 10.7. The van der Waals surface area contributed by atoms with E-state index in [9.17, 15) is 23.2 Å². The molecule has 3 aliphatic rings. The number of nitrogens with zero attached hydrogens (tertiary/aromatic N) is 2. The summed E-state index contributed by atoms with van der Waals surface area (Å²) in [5, 5.41) is 0. The Morgan fingerprint density at radius 2 is 1.70 bits per heavy atom. The lowest BCUT2D eigenvalue weighted by Crippen LogP contribution is -2.52. The molecule has 8 heteroatoms. The van der Waals surface area contributed by atoms with E-state index in [1.54, 1.807) is 4.90 Å². The summed E-state index contributed by atoms with van der Waals surface area (Å²) in [4.78, 5) is 41.2. The standard InChI is InChI=1S/C22H27F2N3O3/c23-15-5-6-16(17(24)12-15)22(30)26-9-7-13(8-10-26)21(29)27-18-4-2-1-3-14(18)11-19(27)20(25)28/h5-6,12-14,18-19H,1-4,7-11H2,(H2,25,28)/t14-,18+,19-/m0/s1. The molecule has 0 radical (unpaired) electrons.